The van der Waals surface area contributed by atoms with Gasteiger partial charge in [0, 0.05) is 18.5 Å². The van der Waals surface area contributed by atoms with Crippen molar-refractivity contribution in [2.75, 3.05) is 13.2 Å². The molecule has 0 aliphatic carbocycles. The van der Waals surface area contributed by atoms with Gasteiger partial charge in [0.05, 0.1) is 6.61 Å². The van der Waals surface area contributed by atoms with Gasteiger partial charge < -0.3 is 30.9 Å². The van der Waals surface area contributed by atoms with Crippen molar-refractivity contribution in [3.63, 3.8) is 0 Å². The predicted molar refractivity (Wildman–Crippen MR) is 148 cm³/mol. The van der Waals surface area contributed by atoms with Gasteiger partial charge in [-0.2, -0.15) is 13.2 Å². The number of alkyl carbamates (subject to hydrolysis) is 1. The van der Waals surface area contributed by atoms with Crippen LogP contribution in [0.1, 0.15) is 23.1 Å². The summed E-state index contributed by atoms with van der Waals surface area (Å²) in [6.45, 7) is 0.864. The van der Waals surface area contributed by atoms with Gasteiger partial charge >= 0.3 is 18.2 Å². The van der Waals surface area contributed by atoms with Crippen molar-refractivity contribution in [2.24, 2.45) is 5.73 Å². The van der Waals surface area contributed by atoms with E-state index in [0.717, 1.165) is 11.1 Å². The van der Waals surface area contributed by atoms with Crippen molar-refractivity contribution >= 4 is 23.8 Å². The van der Waals surface area contributed by atoms with Crippen LogP contribution in [0, 0.1) is 5.41 Å². The van der Waals surface area contributed by atoms with Crippen molar-refractivity contribution in [1.29, 1.82) is 5.41 Å². The quantitative estimate of drug-likeness (QED) is 0.121. The minimum absolute atomic E-state index is 0.0260. The number of amides is 2. The van der Waals surface area contributed by atoms with Crippen molar-refractivity contribution in [3.05, 3.63) is 102 Å². The summed E-state index contributed by atoms with van der Waals surface area (Å²) >= 11 is 0. The third-order valence-electron chi connectivity index (χ3n) is 5.38. The second-order valence-electron chi connectivity index (χ2n) is 8.69. The smallest absolute Gasteiger partial charge is 0.490 e. The second kappa shape index (κ2) is 16.9. The van der Waals surface area contributed by atoms with Gasteiger partial charge in [-0.3, -0.25) is 10.2 Å². The third kappa shape index (κ3) is 12.9. The summed E-state index contributed by atoms with van der Waals surface area (Å²) in [6, 6.07) is 25.0. The Morgan fingerprint density at radius 2 is 1.52 bits per heavy atom. The fraction of sp³-hybridized carbons (Fsp3) is 0.241. The topological polar surface area (TPSA) is 164 Å². The number of nitrogen functional groups attached to an aromatic ring is 1. The van der Waals surface area contributed by atoms with E-state index in [9.17, 15) is 22.8 Å². The summed E-state index contributed by atoms with van der Waals surface area (Å²) in [5.41, 5.74) is 7.87. The molecule has 0 radical (unpaired) electrons. The van der Waals surface area contributed by atoms with Gasteiger partial charge in [-0.15, -0.1) is 0 Å². The van der Waals surface area contributed by atoms with Crippen LogP contribution in [0.3, 0.4) is 0 Å². The Labute approximate surface area is 240 Å². The van der Waals surface area contributed by atoms with Crippen molar-refractivity contribution < 1.29 is 42.1 Å². The van der Waals surface area contributed by atoms with E-state index in [2.05, 4.69) is 10.6 Å². The van der Waals surface area contributed by atoms with Gasteiger partial charge in [0.2, 0.25) is 5.91 Å². The maximum atomic E-state index is 12.9. The lowest BCUT2D eigenvalue weighted by molar-refractivity contribution is -0.192. The number of hydrogen-bond acceptors (Lipinski definition) is 6. The van der Waals surface area contributed by atoms with Crippen LogP contribution in [-0.4, -0.2) is 54.3 Å². The lowest BCUT2D eigenvalue weighted by Crippen LogP contribution is -2.48. The number of carbonyl (C=O) groups is 3. The van der Waals surface area contributed by atoms with Gasteiger partial charge in [0.15, 0.2) is 0 Å². The zero-order valence-corrected chi connectivity index (χ0v) is 22.4. The minimum Gasteiger partial charge on any atom is -0.494 e. The highest BCUT2D eigenvalue weighted by molar-refractivity contribution is 5.95. The van der Waals surface area contributed by atoms with E-state index in [1.807, 2.05) is 60.7 Å². The molecule has 3 aromatic rings. The Morgan fingerprint density at radius 3 is 2.10 bits per heavy atom. The lowest BCUT2D eigenvalue weighted by atomic mass is 10.1. The zero-order chi connectivity index (χ0) is 31.0. The number of alkyl halides is 3. The van der Waals surface area contributed by atoms with Gasteiger partial charge in [-0.1, -0.05) is 72.8 Å². The van der Waals surface area contributed by atoms with Gasteiger partial charge in [-0.05, 0) is 29.7 Å². The molecular weight excluding hydrogens is 557 g/mol. The number of ether oxygens (including phenoxy) is 2. The summed E-state index contributed by atoms with van der Waals surface area (Å²) in [6.07, 6.45) is -4.84. The number of rotatable bonds is 12. The fourth-order valence-corrected chi connectivity index (χ4v) is 3.32. The Morgan fingerprint density at radius 1 is 0.929 bits per heavy atom. The molecule has 0 aromatic heterocycles. The van der Waals surface area contributed by atoms with Gasteiger partial charge in [0.25, 0.3) is 0 Å². The van der Waals surface area contributed by atoms with Gasteiger partial charge in [0.1, 0.15) is 24.2 Å². The molecule has 224 valence electrons. The van der Waals surface area contributed by atoms with E-state index in [1.165, 1.54) is 0 Å². The molecular formula is C29H31F3N4O6. The monoisotopic (exact) mass is 588 g/mol. The third-order valence-corrected chi connectivity index (χ3v) is 5.38. The summed E-state index contributed by atoms with van der Waals surface area (Å²) < 4.78 is 42.7. The van der Waals surface area contributed by atoms with Crippen LogP contribution in [0.2, 0.25) is 0 Å². The minimum atomic E-state index is -5.08. The number of aliphatic carboxylic acids is 1. The molecule has 1 atom stereocenters. The molecule has 10 nitrogen and oxygen atoms in total. The number of carbonyl (C=O) groups excluding carboxylic acids is 2. The van der Waals surface area contributed by atoms with Crippen LogP contribution < -0.4 is 21.1 Å². The number of halogens is 3. The standard InChI is InChI=1S/C27H30N4O4.C2HF3O2/c28-25(29)22-13-7-14-23(18-22)34-16-8-15-30-26(32)24(17-20-9-3-1-4-10-20)31-27(33)35-19-21-11-5-2-6-12-21;3-2(4,5)1(6)7/h1-7,9-14,18,24H,8,15-17,19H2,(H3,28,29)(H,30,32)(H,31,33);(H,6,7)/t24-;/m0./s1. The Hall–Kier alpha value is -5.07. The van der Waals surface area contributed by atoms with Crippen molar-refractivity contribution in [2.45, 2.75) is 31.7 Å². The Bertz CT molecular complexity index is 1310. The highest BCUT2D eigenvalue weighted by Crippen LogP contribution is 2.14. The first kappa shape index (κ1) is 33.1. The van der Waals surface area contributed by atoms with E-state index in [0.29, 0.717) is 37.3 Å². The van der Waals surface area contributed by atoms with Crippen LogP contribution >= 0.6 is 0 Å². The second-order valence-corrected chi connectivity index (χ2v) is 8.69. The summed E-state index contributed by atoms with van der Waals surface area (Å²) in [4.78, 5) is 34.1. The average Bonchev–Trinajstić information content (AvgIpc) is 2.96. The number of amidine groups is 1. The number of carboxylic acids is 1. The molecule has 0 spiro atoms. The Kier molecular flexibility index (Phi) is 13.3. The number of carboxylic acid groups (broad SMARTS) is 1. The zero-order valence-electron chi connectivity index (χ0n) is 22.4. The van der Waals surface area contributed by atoms with E-state index >= 15 is 0 Å². The highest BCUT2D eigenvalue weighted by Gasteiger charge is 2.38. The normalized spacial score (nSPS) is 11.2. The molecule has 2 amide bonds. The molecule has 0 aliphatic heterocycles. The average molecular weight is 589 g/mol. The number of nitrogens with one attached hydrogen (secondary N) is 3. The van der Waals surface area contributed by atoms with Crippen LogP contribution in [0.15, 0.2) is 84.9 Å². The largest absolute Gasteiger partial charge is 0.494 e. The van der Waals surface area contributed by atoms with E-state index in [-0.39, 0.29) is 18.3 Å². The van der Waals surface area contributed by atoms with E-state index in [1.54, 1.807) is 24.3 Å². The molecule has 3 aromatic carbocycles. The maximum absolute atomic E-state index is 12.9. The highest BCUT2D eigenvalue weighted by atomic mass is 19.4. The first-order chi connectivity index (χ1) is 20.0. The van der Waals surface area contributed by atoms with E-state index < -0.39 is 24.3 Å². The number of nitrogens with two attached hydrogens (primary N) is 1. The molecule has 0 fully saturated rings. The Balaban J connectivity index is 0.000000782. The first-order valence-corrected chi connectivity index (χ1v) is 12.6. The maximum Gasteiger partial charge on any atom is 0.490 e. The molecule has 0 heterocycles. The fourth-order valence-electron chi connectivity index (χ4n) is 3.32. The molecule has 6 N–H and O–H groups in total. The molecule has 0 aliphatic rings. The summed E-state index contributed by atoms with van der Waals surface area (Å²) in [5.74, 6) is -2.48. The molecule has 0 saturated carbocycles. The van der Waals surface area contributed by atoms with Crippen LogP contribution in [0.25, 0.3) is 0 Å². The van der Waals surface area contributed by atoms with E-state index in [4.69, 9.17) is 30.5 Å². The SMILES string of the molecule is N=C(N)c1cccc(OCCCNC(=O)[C@H](Cc2ccccc2)NC(=O)OCc2ccccc2)c1.O=C(O)C(F)(F)F. The summed E-state index contributed by atoms with van der Waals surface area (Å²) in [5, 5.41) is 20.2. The molecule has 42 heavy (non-hydrogen) atoms. The van der Waals surface area contributed by atoms with Crippen LogP contribution in [-0.2, 0) is 27.4 Å². The predicted octanol–water partition coefficient (Wildman–Crippen LogP) is 4.03. The number of hydrogen-bond donors (Lipinski definition) is 5. The number of benzene rings is 3. The molecule has 0 saturated heterocycles. The van der Waals surface area contributed by atoms with Crippen LogP contribution in [0.4, 0.5) is 18.0 Å². The van der Waals surface area contributed by atoms with Crippen molar-refractivity contribution in [1.82, 2.24) is 10.6 Å². The van der Waals surface area contributed by atoms with Crippen LogP contribution in [0.5, 0.6) is 5.75 Å². The molecule has 0 bridgehead atoms. The molecule has 3 rings (SSSR count). The van der Waals surface area contributed by atoms with Crippen molar-refractivity contribution in [3.8, 4) is 5.75 Å². The summed E-state index contributed by atoms with van der Waals surface area (Å²) in [7, 11) is 0. The first-order valence-electron chi connectivity index (χ1n) is 12.6. The lowest BCUT2D eigenvalue weighted by Gasteiger charge is -2.19. The molecule has 13 heteroatoms. The molecule has 0 unspecified atom stereocenters. The van der Waals surface area contributed by atoms with Gasteiger partial charge in [-0.25, -0.2) is 9.59 Å².